The van der Waals surface area contributed by atoms with Gasteiger partial charge in [-0.05, 0) is 125 Å². The number of nitrogens with zero attached hydrogens (tertiary/aromatic N) is 1. The molecule has 0 saturated heterocycles. The molecular weight excluding hydrogens is 807 g/mol. The highest BCUT2D eigenvalue weighted by molar-refractivity contribution is 5.88. The van der Waals surface area contributed by atoms with Crippen LogP contribution in [0.25, 0.3) is 89.0 Å². The van der Waals surface area contributed by atoms with Gasteiger partial charge >= 0.3 is 0 Å². The molecule has 0 bridgehead atoms. The summed E-state index contributed by atoms with van der Waals surface area (Å²) in [6.07, 6.45) is 0. The van der Waals surface area contributed by atoms with E-state index in [1.54, 1.807) is 0 Å². The molecular formula is C66H47N. The van der Waals surface area contributed by atoms with Gasteiger partial charge in [0.25, 0.3) is 0 Å². The first-order valence-electron chi connectivity index (χ1n) is 23.0. The summed E-state index contributed by atoms with van der Waals surface area (Å²) in [4.78, 5) is 2.36. The first-order valence-corrected chi connectivity index (χ1v) is 23.0. The molecule has 1 heteroatoms. The normalized spacial score (nSPS) is 11.0. The van der Waals surface area contributed by atoms with E-state index in [9.17, 15) is 0 Å². The largest absolute Gasteiger partial charge is 0.311 e. The van der Waals surface area contributed by atoms with E-state index in [-0.39, 0.29) is 0 Å². The molecule has 0 N–H and O–H groups in total. The summed E-state index contributed by atoms with van der Waals surface area (Å²) < 4.78 is 0. The SMILES string of the molecule is c1ccc(-c2ccc(-c3ccc(N(c4ccc(-c5ccccc5-c5ccc(-c6ccccc6)cc5)cc4)c4ccc(-c5ccccc5-c5ccc(-c6ccccc6)cc5)cc4)cc3)cc2)cc1. The molecule has 11 rings (SSSR count). The molecule has 0 aliphatic rings. The molecule has 316 valence electrons. The first-order chi connectivity index (χ1) is 33.2. The van der Waals surface area contributed by atoms with Crippen molar-refractivity contribution in [2.24, 2.45) is 0 Å². The van der Waals surface area contributed by atoms with Crippen LogP contribution in [0.3, 0.4) is 0 Å². The maximum Gasteiger partial charge on any atom is 0.0462 e. The van der Waals surface area contributed by atoms with Crippen LogP contribution in [0.2, 0.25) is 0 Å². The zero-order valence-electron chi connectivity index (χ0n) is 37.1. The third-order valence-corrected chi connectivity index (χ3v) is 12.8. The molecule has 0 fully saturated rings. The van der Waals surface area contributed by atoms with E-state index >= 15 is 0 Å². The number of hydrogen-bond acceptors (Lipinski definition) is 1. The topological polar surface area (TPSA) is 3.24 Å². The van der Waals surface area contributed by atoms with Gasteiger partial charge in [0.2, 0.25) is 0 Å². The summed E-state index contributed by atoms with van der Waals surface area (Å²) in [6, 6.07) is 103. The molecule has 0 aromatic heterocycles. The van der Waals surface area contributed by atoms with Crippen molar-refractivity contribution in [3.05, 3.63) is 285 Å². The minimum atomic E-state index is 1.08. The molecule has 11 aromatic carbocycles. The lowest BCUT2D eigenvalue weighted by Crippen LogP contribution is -2.09. The summed E-state index contributed by atoms with van der Waals surface area (Å²) in [5, 5.41) is 0. The van der Waals surface area contributed by atoms with Crippen molar-refractivity contribution in [3.63, 3.8) is 0 Å². The zero-order valence-corrected chi connectivity index (χ0v) is 37.1. The second-order valence-electron chi connectivity index (χ2n) is 16.9. The van der Waals surface area contributed by atoms with Gasteiger partial charge in [0.05, 0.1) is 0 Å². The maximum absolute atomic E-state index is 2.36. The fourth-order valence-corrected chi connectivity index (χ4v) is 9.23. The average Bonchev–Trinajstić information content (AvgIpc) is 3.42. The molecule has 11 aromatic rings. The molecule has 0 heterocycles. The van der Waals surface area contributed by atoms with Gasteiger partial charge in [0, 0.05) is 17.1 Å². The summed E-state index contributed by atoms with van der Waals surface area (Å²) in [7, 11) is 0. The maximum atomic E-state index is 2.36. The second-order valence-corrected chi connectivity index (χ2v) is 16.9. The van der Waals surface area contributed by atoms with E-state index in [4.69, 9.17) is 0 Å². The van der Waals surface area contributed by atoms with E-state index in [1.165, 1.54) is 89.0 Å². The Morgan fingerprint density at radius 1 is 0.134 bits per heavy atom. The Labute approximate surface area is 394 Å². The number of anilines is 3. The number of benzene rings is 11. The standard InChI is InChI=1S/C66H47N/c1-4-14-48(15-5-1)51-24-26-54(27-25-51)55-36-42-60(43-37-55)67(61-44-38-58(39-45-61)65-22-12-10-20-63(65)56-32-28-52(29-33-56)49-16-6-2-7-17-49)62-46-40-59(41-47-62)66-23-13-11-21-64(66)57-34-30-53(31-35-57)50-18-8-3-9-19-50/h1-47H. The highest BCUT2D eigenvalue weighted by Gasteiger charge is 2.16. The first kappa shape index (κ1) is 41.0. The van der Waals surface area contributed by atoms with Crippen molar-refractivity contribution in [2.45, 2.75) is 0 Å². The summed E-state index contributed by atoms with van der Waals surface area (Å²) >= 11 is 0. The summed E-state index contributed by atoms with van der Waals surface area (Å²) in [6.45, 7) is 0. The average molecular weight is 854 g/mol. The predicted octanol–water partition coefficient (Wildman–Crippen LogP) is 18.5. The molecule has 0 radical (unpaired) electrons. The van der Waals surface area contributed by atoms with E-state index in [0.717, 1.165) is 17.1 Å². The lowest BCUT2D eigenvalue weighted by atomic mass is 9.93. The van der Waals surface area contributed by atoms with E-state index in [0.29, 0.717) is 0 Å². The van der Waals surface area contributed by atoms with Crippen molar-refractivity contribution < 1.29 is 0 Å². The van der Waals surface area contributed by atoms with Gasteiger partial charge in [0.15, 0.2) is 0 Å². The Kier molecular flexibility index (Phi) is 11.5. The van der Waals surface area contributed by atoms with Crippen LogP contribution in [-0.2, 0) is 0 Å². The van der Waals surface area contributed by atoms with Crippen LogP contribution in [0.1, 0.15) is 0 Å². The molecule has 0 amide bonds. The fourth-order valence-electron chi connectivity index (χ4n) is 9.23. The fraction of sp³-hybridized carbons (Fsp3) is 0. The van der Waals surface area contributed by atoms with Crippen LogP contribution in [-0.4, -0.2) is 0 Å². The van der Waals surface area contributed by atoms with Crippen LogP contribution < -0.4 is 4.90 Å². The molecule has 0 saturated carbocycles. The molecule has 67 heavy (non-hydrogen) atoms. The lowest BCUT2D eigenvalue weighted by Gasteiger charge is -2.26. The Bertz CT molecular complexity index is 3190. The van der Waals surface area contributed by atoms with Crippen LogP contribution in [0.4, 0.5) is 17.1 Å². The Morgan fingerprint density at radius 2 is 0.299 bits per heavy atom. The van der Waals surface area contributed by atoms with Gasteiger partial charge in [0.1, 0.15) is 0 Å². The molecule has 0 spiro atoms. The van der Waals surface area contributed by atoms with E-state index in [2.05, 4.69) is 290 Å². The van der Waals surface area contributed by atoms with Crippen molar-refractivity contribution >= 4 is 17.1 Å². The Morgan fingerprint density at radius 3 is 0.537 bits per heavy atom. The second kappa shape index (κ2) is 18.7. The monoisotopic (exact) mass is 853 g/mol. The van der Waals surface area contributed by atoms with Gasteiger partial charge in [-0.2, -0.15) is 0 Å². The van der Waals surface area contributed by atoms with Gasteiger partial charge < -0.3 is 4.90 Å². The smallest absolute Gasteiger partial charge is 0.0462 e. The molecule has 0 unspecified atom stereocenters. The third kappa shape index (κ3) is 8.75. The van der Waals surface area contributed by atoms with E-state index < -0.39 is 0 Å². The highest BCUT2D eigenvalue weighted by atomic mass is 15.1. The van der Waals surface area contributed by atoms with Crippen LogP contribution in [0.5, 0.6) is 0 Å². The zero-order chi connectivity index (χ0) is 44.8. The molecule has 0 aliphatic carbocycles. The van der Waals surface area contributed by atoms with Crippen molar-refractivity contribution in [1.82, 2.24) is 0 Å². The van der Waals surface area contributed by atoms with Gasteiger partial charge in [-0.3, -0.25) is 0 Å². The predicted molar refractivity (Wildman–Crippen MR) is 285 cm³/mol. The van der Waals surface area contributed by atoms with Crippen molar-refractivity contribution in [3.8, 4) is 89.0 Å². The number of rotatable bonds is 11. The third-order valence-electron chi connectivity index (χ3n) is 12.8. The Balaban J connectivity index is 0.923. The van der Waals surface area contributed by atoms with E-state index in [1.807, 2.05) is 0 Å². The molecule has 1 nitrogen and oxygen atoms in total. The van der Waals surface area contributed by atoms with Gasteiger partial charge in [-0.15, -0.1) is 0 Å². The highest BCUT2D eigenvalue weighted by Crippen LogP contribution is 2.41. The number of hydrogen-bond donors (Lipinski definition) is 0. The summed E-state index contributed by atoms with van der Waals surface area (Å²) in [5.41, 5.74) is 22.5. The minimum absolute atomic E-state index is 1.08. The van der Waals surface area contributed by atoms with Crippen molar-refractivity contribution in [2.75, 3.05) is 4.90 Å². The van der Waals surface area contributed by atoms with Gasteiger partial charge in [-0.1, -0.05) is 249 Å². The Hall–Kier alpha value is -8.78. The molecule has 0 aliphatic heterocycles. The van der Waals surface area contributed by atoms with Gasteiger partial charge in [-0.25, -0.2) is 0 Å². The van der Waals surface area contributed by atoms with Crippen molar-refractivity contribution in [1.29, 1.82) is 0 Å². The quantitative estimate of drug-likeness (QED) is 0.125. The summed E-state index contributed by atoms with van der Waals surface area (Å²) in [5.74, 6) is 0. The van der Waals surface area contributed by atoms with Crippen LogP contribution in [0.15, 0.2) is 285 Å². The minimum Gasteiger partial charge on any atom is -0.311 e. The molecule has 0 atom stereocenters. The van der Waals surface area contributed by atoms with Crippen LogP contribution >= 0.6 is 0 Å². The van der Waals surface area contributed by atoms with Crippen LogP contribution in [0, 0.1) is 0 Å². The lowest BCUT2D eigenvalue weighted by molar-refractivity contribution is 1.28.